The van der Waals surface area contributed by atoms with Crippen molar-refractivity contribution in [3.8, 4) is 5.75 Å². The molecule has 124 valence electrons. The molecule has 0 aliphatic heterocycles. The van der Waals surface area contributed by atoms with E-state index in [2.05, 4.69) is 36.4 Å². The first-order valence-electron chi connectivity index (χ1n) is 7.85. The van der Waals surface area contributed by atoms with Crippen molar-refractivity contribution in [3.05, 3.63) is 42.0 Å². The molecule has 0 bridgehead atoms. The second-order valence-corrected chi connectivity index (χ2v) is 5.85. The van der Waals surface area contributed by atoms with E-state index in [0.717, 1.165) is 35.8 Å². The lowest BCUT2D eigenvalue weighted by Crippen LogP contribution is -2.23. The van der Waals surface area contributed by atoms with Gasteiger partial charge in [-0.25, -0.2) is 0 Å². The van der Waals surface area contributed by atoms with Gasteiger partial charge in [0, 0.05) is 12.1 Å². The van der Waals surface area contributed by atoms with Crippen molar-refractivity contribution in [2.75, 3.05) is 33.8 Å². The minimum absolute atomic E-state index is 0.105. The van der Waals surface area contributed by atoms with E-state index in [0.29, 0.717) is 12.3 Å². The van der Waals surface area contributed by atoms with Gasteiger partial charge in [-0.05, 0) is 50.4 Å². The zero-order chi connectivity index (χ0) is 16.7. The number of nitrogens with two attached hydrogens (primary N) is 1. The van der Waals surface area contributed by atoms with Gasteiger partial charge in [0.15, 0.2) is 6.61 Å². The van der Waals surface area contributed by atoms with Crippen molar-refractivity contribution < 1.29 is 9.53 Å². The molecule has 5 heteroatoms. The summed E-state index contributed by atoms with van der Waals surface area (Å²) in [6, 6.07) is 12.1. The first-order valence-corrected chi connectivity index (χ1v) is 7.85. The number of ether oxygens (including phenoxy) is 1. The number of hydrogen-bond donors (Lipinski definition) is 2. The summed E-state index contributed by atoms with van der Waals surface area (Å²) in [5, 5.41) is 5.74. The maximum Gasteiger partial charge on any atom is 0.255 e. The smallest absolute Gasteiger partial charge is 0.255 e. The maximum absolute atomic E-state index is 11.0. The van der Waals surface area contributed by atoms with E-state index in [4.69, 9.17) is 10.5 Å². The fourth-order valence-corrected chi connectivity index (χ4v) is 2.52. The number of primary amides is 1. The Hall–Kier alpha value is -2.11. The van der Waals surface area contributed by atoms with Gasteiger partial charge in [0.2, 0.25) is 0 Å². The van der Waals surface area contributed by atoms with Crippen LogP contribution in [0.3, 0.4) is 0 Å². The molecular weight excluding hydrogens is 290 g/mol. The van der Waals surface area contributed by atoms with Crippen molar-refractivity contribution >= 4 is 16.7 Å². The summed E-state index contributed by atoms with van der Waals surface area (Å²) < 4.78 is 5.58. The molecule has 0 unspecified atom stereocenters. The Morgan fingerprint density at radius 3 is 2.74 bits per heavy atom. The fourth-order valence-electron chi connectivity index (χ4n) is 2.52. The number of nitrogens with one attached hydrogen (secondary N) is 1. The van der Waals surface area contributed by atoms with Crippen LogP contribution in [0, 0.1) is 0 Å². The first kappa shape index (κ1) is 17.2. The standard InChI is InChI=1S/C18H25N3O2/c1-21(2)11-5-10-20-12-16-15-7-4-3-6-14(15)8-9-17(16)23-13-18(19)22/h3-4,6-9,20H,5,10-13H2,1-2H3,(H2,19,22). The van der Waals surface area contributed by atoms with Crippen LogP contribution in [-0.2, 0) is 11.3 Å². The molecule has 0 radical (unpaired) electrons. The van der Waals surface area contributed by atoms with E-state index >= 15 is 0 Å². The zero-order valence-electron chi connectivity index (χ0n) is 13.8. The van der Waals surface area contributed by atoms with E-state index in [1.807, 2.05) is 24.3 Å². The van der Waals surface area contributed by atoms with Gasteiger partial charge in [0.25, 0.3) is 5.91 Å². The largest absolute Gasteiger partial charge is 0.483 e. The first-order chi connectivity index (χ1) is 11.1. The summed E-state index contributed by atoms with van der Waals surface area (Å²) in [6.07, 6.45) is 1.08. The van der Waals surface area contributed by atoms with E-state index in [-0.39, 0.29) is 6.61 Å². The summed E-state index contributed by atoms with van der Waals surface area (Å²) in [6.45, 7) is 2.57. The summed E-state index contributed by atoms with van der Waals surface area (Å²) >= 11 is 0. The molecule has 3 N–H and O–H groups in total. The number of fused-ring (bicyclic) bond motifs is 1. The van der Waals surface area contributed by atoms with Gasteiger partial charge in [-0.2, -0.15) is 0 Å². The summed E-state index contributed by atoms with van der Waals surface area (Å²) in [5.41, 5.74) is 6.25. The highest BCUT2D eigenvalue weighted by Crippen LogP contribution is 2.28. The third-order valence-electron chi connectivity index (χ3n) is 3.63. The number of amides is 1. The minimum Gasteiger partial charge on any atom is -0.483 e. The second kappa shape index (κ2) is 8.50. The van der Waals surface area contributed by atoms with Crippen molar-refractivity contribution in [3.63, 3.8) is 0 Å². The number of carbonyl (C=O) groups excluding carboxylic acids is 1. The molecule has 0 atom stereocenters. The Morgan fingerprint density at radius 2 is 2.00 bits per heavy atom. The van der Waals surface area contributed by atoms with Crippen LogP contribution in [0.15, 0.2) is 36.4 Å². The average Bonchev–Trinajstić information content (AvgIpc) is 2.52. The Labute approximate surface area is 137 Å². The zero-order valence-corrected chi connectivity index (χ0v) is 13.8. The highest BCUT2D eigenvalue weighted by Gasteiger charge is 2.09. The van der Waals surface area contributed by atoms with Crippen molar-refractivity contribution in [1.29, 1.82) is 0 Å². The van der Waals surface area contributed by atoms with Gasteiger partial charge in [-0.15, -0.1) is 0 Å². The second-order valence-electron chi connectivity index (χ2n) is 5.85. The minimum atomic E-state index is -0.469. The topological polar surface area (TPSA) is 67.6 Å². The van der Waals surface area contributed by atoms with Gasteiger partial charge in [0.05, 0.1) is 0 Å². The number of carbonyl (C=O) groups is 1. The molecule has 1 amide bonds. The molecule has 0 saturated carbocycles. The highest BCUT2D eigenvalue weighted by molar-refractivity contribution is 5.88. The molecule has 2 aromatic carbocycles. The number of nitrogens with zero attached hydrogens (tertiary/aromatic N) is 1. The molecule has 0 fully saturated rings. The van der Waals surface area contributed by atoms with Crippen LogP contribution in [0.25, 0.3) is 10.8 Å². The molecule has 0 aliphatic rings. The predicted molar refractivity (Wildman–Crippen MR) is 93.5 cm³/mol. The van der Waals surface area contributed by atoms with Crippen LogP contribution in [-0.4, -0.2) is 44.6 Å². The average molecular weight is 315 g/mol. The third-order valence-corrected chi connectivity index (χ3v) is 3.63. The molecule has 2 aromatic rings. The number of benzene rings is 2. The van der Waals surface area contributed by atoms with Gasteiger partial charge in [-0.3, -0.25) is 4.79 Å². The van der Waals surface area contributed by atoms with Crippen LogP contribution in [0.2, 0.25) is 0 Å². The molecule has 0 aliphatic carbocycles. The molecular formula is C18H25N3O2. The van der Waals surface area contributed by atoms with Gasteiger partial charge >= 0.3 is 0 Å². The fraction of sp³-hybridized carbons (Fsp3) is 0.389. The number of rotatable bonds is 9. The van der Waals surface area contributed by atoms with Gasteiger partial charge in [-0.1, -0.05) is 30.3 Å². The predicted octanol–water partition coefficient (Wildman–Crippen LogP) is 1.75. The van der Waals surface area contributed by atoms with Crippen LogP contribution in [0.4, 0.5) is 0 Å². The van der Waals surface area contributed by atoms with E-state index < -0.39 is 5.91 Å². The molecule has 0 spiro atoms. The molecule has 0 heterocycles. The summed E-state index contributed by atoms with van der Waals surface area (Å²) in [4.78, 5) is 13.2. The lowest BCUT2D eigenvalue weighted by atomic mass is 10.0. The lowest BCUT2D eigenvalue weighted by molar-refractivity contribution is -0.119. The molecule has 0 saturated heterocycles. The van der Waals surface area contributed by atoms with E-state index in [9.17, 15) is 4.79 Å². The maximum atomic E-state index is 11.0. The highest BCUT2D eigenvalue weighted by atomic mass is 16.5. The van der Waals surface area contributed by atoms with Crippen molar-refractivity contribution in [2.24, 2.45) is 5.73 Å². The lowest BCUT2D eigenvalue weighted by Gasteiger charge is -2.15. The van der Waals surface area contributed by atoms with Crippen LogP contribution >= 0.6 is 0 Å². The van der Waals surface area contributed by atoms with Crippen LogP contribution < -0.4 is 15.8 Å². The Morgan fingerprint density at radius 1 is 1.22 bits per heavy atom. The van der Waals surface area contributed by atoms with E-state index in [1.54, 1.807) is 0 Å². The quantitative estimate of drug-likeness (QED) is 0.692. The van der Waals surface area contributed by atoms with Crippen molar-refractivity contribution in [2.45, 2.75) is 13.0 Å². The SMILES string of the molecule is CN(C)CCCNCc1c(OCC(N)=O)ccc2ccccc12. The molecule has 23 heavy (non-hydrogen) atoms. The van der Waals surface area contributed by atoms with E-state index in [1.165, 1.54) is 0 Å². The summed E-state index contributed by atoms with van der Waals surface area (Å²) in [7, 11) is 4.14. The molecule has 2 rings (SSSR count). The Balaban J connectivity index is 2.12. The Kier molecular flexibility index (Phi) is 6.38. The molecule has 5 nitrogen and oxygen atoms in total. The Bertz CT molecular complexity index is 656. The third kappa shape index (κ3) is 5.23. The normalized spacial score (nSPS) is 11.1. The van der Waals surface area contributed by atoms with Crippen LogP contribution in [0.5, 0.6) is 5.75 Å². The van der Waals surface area contributed by atoms with Gasteiger partial charge in [0.1, 0.15) is 5.75 Å². The van der Waals surface area contributed by atoms with Crippen molar-refractivity contribution in [1.82, 2.24) is 10.2 Å². The van der Waals surface area contributed by atoms with Crippen LogP contribution in [0.1, 0.15) is 12.0 Å². The molecule has 0 aromatic heterocycles. The van der Waals surface area contributed by atoms with Gasteiger partial charge < -0.3 is 20.7 Å². The monoisotopic (exact) mass is 315 g/mol. The number of hydrogen-bond acceptors (Lipinski definition) is 4. The summed E-state index contributed by atoms with van der Waals surface area (Å²) in [5.74, 6) is 0.241.